The van der Waals surface area contributed by atoms with Crippen molar-refractivity contribution >= 4 is 11.6 Å². The largest absolute Gasteiger partial charge is 0.496 e. The van der Waals surface area contributed by atoms with Gasteiger partial charge in [0, 0.05) is 0 Å². The Kier molecular flexibility index (Phi) is 3.31. The first-order valence-electron chi connectivity index (χ1n) is 5.03. The molecule has 0 fully saturated rings. The summed E-state index contributed by atoms with van der Waals surface area (Å²) in [7, 11) is 1.58. The zero-order valence-electron chi connectivity index (χ0n) is 9.53. The third kappa shape index (κ3) is 2.11. The molecule has 0 atom stereocenters. The maximum Gasteiger partial charge on any atom is 0.240 e. The first kappa shape index (κ1) is 11.9. The van der Waals surface area contributed by atoms with Crippen LogP contribution >= 0.6 is 11.6 Å². The fourth-order valence-electron chi connectivity index (χ4n) is 1.57. The maximum absolute atomic E-state index is 6.13. The predicted octanol–water partition coefficient (Wildman–Crippen LogP) is 2.17. The lowest BCUT2D eigenvalue weighted by atomic mass is 10.1. The number of hydrogen-bond acceptors (Lipinski definition) is 5. The Morgan fingerprint density at radius 1 is 1.47 bits per heavy atom. The molecule has 90 valence electrons. The average molecular weight is 254 g/mol. The first-order valence-corrected chi connectivity index (χ1v) is 5.41. The van der Waals surface area contributed by atoms with Gasteiger partial charge in [0.15, 0.2) is 0 Å². The quantitative estimate of drug-likeness (QED) is 0.907. The van der Waals surface area contributed by atoms with Gasteiger partial charge in [-0.05, 0) is 18.6 Å². The highest BCUT2D eigenvalue weighted by Crippen LogP contribution is 2.37. The lowest BCUT2D eigenvalue weighted by molar-refractivity contribution is 0.379. The van der Waals surface area contributed by atoms with Crippen LogP contribution in [0.15, 0.2) is 16.7 Å². The SMILES string of the molecule is COc1c(C)ccc(Cl)c1-c1noc(CN)n1. The van der Waals surface area contributed by atoms with E-state index in [4.69, 9.17) is 26.6 Å². The van der Waals surface area contributed by atoms with Crippen LogP contribution in [0.3, 0.4) is 0 Å². The van der Waals surface area contributed by atoms with Gasteiger partial charge in [-0.2, -0.15) is 4.98 Å². The monoisotopic (exact) mass is 253 g/mol. The van der Waals surface area contributed by atoms with Crippen molar-refractivity contribution in [3.63, 3.8) is 0 Å². The summed E-state index contributed by atoms with van der Waals surface area (Å²) in [5, 5.41) is 4.35. The molecule has 0 amide bonds. The van der Waals surface area contributed by atoms with Crippen LogP contribution in [0.1, 0.15) is 11.5 Å². The van der Waals surface area contributed by atoms with E-state index < -0.39 is 0 Å². The fourth-order valence-corrected chi connectivity index (χ4v) is 1.81. The summed E-state index contributed by atoms with van der Waals surface area (Å²) in [6.07, 6.45) is 0. The lowest BCUT2D eigenvalue weighted by Gasteiger charge is -2.09. The van der Waals surface area contributed by atoms with Gasteiger partial charge in [0.25, 0.3) is 0 Å². The molecule has 0 saturated heterocycles. The van der Waals surface area contributed by atoms with E-state index in [1.807, 2.05) is 13.0 Å². The Bertz CT molecular complexity index is 540. The summed E-state index contributed by atoms with van der Waals surface area (Å²) in [6.45, 7) is 2.11. The number of rotatable bonds is 3. The van der Waals surface area contributed by atoms with Crippen molar-refractivity contribution in [1.82, 2.24) is 10.1 Å². The molecule has 0 unspecified atom stereocenters. The minimum atomic E-state index is 0.193. The van der Waals surface area contributed by atoms with Gasteiger partial charge in [0.2, 0.25) is 11.7 Å². The maximum atomic E-state index is 6.13. The highest BCUT2D eigenvalue weighted by molar-refractivity contribution is 6.33. The third-order valence-electron chi connectivity index (χ3n) is 2.37. The molecule has 17 heavy (non-hydrogen) atoms. The molecule has 0 spiro atoms. The van der Waals surface area contributed by atoms with E-state index in [1.54, 1.807) is 13.2 Å². The number of nitrogens with zero attached hydrogens (tertiary/aromatic N) is 2. The molecule has 0 saturated carbocycles. The zero-order chi connectivity index (χ0) is 12.4. The number of ether oxygens (including phenoxy) is 1. The van der Waals surface area contributed by atoms with E-state index in [9.17, 15) is 0 Å². The molecule has 2 rings (SSSR count). The van der Waals surface area contributed by atoms with Crippen molar-refractivity contribution < 1.29 is 9.26 Å². The van der Waals surface area contributed by atoms with Crippen molar-refractivity contribution in [2.75, 3.05) is 7.11 Å². The molecular weight excluding hydrogens is 242 g/mol. The van der Waals surface area contributed by atoms with E-state index in [0.29, 0.717) is 28.1 Å². The molecule has 2 aromatic rings. The van der Waals surface area contributed by atoms with Crippen molar-refractivity contribution in [1.29, 1.82) is 0 Å². The highest BCUT2D eigenvalue weighted by Gasteiger charge is 2.18. The number of hydrogen-bond donors (Lipinski definition) is 1. The summed E-state index contributed by atoms with van der Waals surface area (Å²) in [5.74, 6) is 1.39. The summed E-state index contributed by atoms with van der Waals surface area (Å²) < 4.78 is 10.3. The Hall–Kier alpha value is -1.59. The molecule has 1 aromatic carbocycles. The molecule has 0 aliphatic heterocycles. The standard InChI is InChI=1S/C11H12ClN3O2/c1-6-3-4-7(12)9(10(6)16-2)11-14-8(5-13)17-15-11/h3-4H,5,13H2,1-2H3. The number of benzene rings is 1. The Morgan fingerprint density at radius 2 is 2.24 bits per heavy atom. The minimum absolute atomic E-state index is 0.193. The second-order valence-electron chi connectivity index (χ2n) is 3.49. The molecule has 0 aliphatic carbocycles. The molecule has 6 heteroatoms. The van der Waals surface area contributed by atoms with Crippen molar-refractivity contribution in [3.8, 4) is 17.1 Å². The Morgan fingerprint density at radius 3 is 2.82 bits per heavy atom. The van der Waals surface area contributed by atoms with E-state index in [2.05, 4.69) is 10.1 Å². The number of aromatic nitrogens is 2. The number of halogens is 1. The van der Waals surface area contributed by atoms with Gasteiger partial charge in [-0.15, -0.1) is 0 Å². The van der Waals surface area contributed by atoms with Crippen molar-refractivity contribution in [2.24, 2.45) is 5.73 Å². The molecule has 5 nitrogen and oxygen atoms in total. The van der Waals surface area contributed by atoms with Crippen LogP contribution in [-0.2, 0) is 6.54 Å². The zero-order valence-corrected chi connectivity index (χ0v) is 10.3. The number of nitrogens with two attached hydrogens (primary N) is 1. The minimum Gasteiger partial charge on any atom is -0.496 e. The van der Waals surface area contributed by atoms with Gasteiger partial charge in [-0.25, -0.2) is 0 Å². The average Bonchev–Trinajstić information content (AvgIpc) is 2.80. The van der Waals surface area contributed by atoms with Crippen LogP contribution in [0.2, 0.25) is 5.02 Å². The molecular formula is C11H12ClN3O2. The lowest BCUT2D eigenvalue weighted by Crippen LogP contribution is -1.97. The third-order valence-corrected chi connectivity index (χ3v) is 2.69. The van der Waals surface area contributed by atoms with Gasteiger partial charge in [-0.3, -0.25) is 0 Å². The summed E-state index contributed by atoms with van der Waals surface area (Å²) in [5.41, 5.74) is 6.99. The number of aryl methyl sites for hydroxylation is 1. The first-order chi connectivity index (χ1) is 8.17. The van der Waals surface area contributed by atoms with Crippen LogP contribution in [0.25, 0.3) is 11.4 Å². The second-order valence-corrected chi connectivity index (χ2v) is 3.90. The van der Waals surface area contributed by atoms with Gasteiger partial charge in [0.1, 0.15) is 5.75 Å². The van der Waals surface area contributed by atoms with Crippen molar-refractivity contribution in [2.45, 2.75) is 13.5 Å². The summed E-state index contributed by atoms with van der Waals surface area (Å²) >= 11 is 6.13. The molecule has 0 bridgehead atoms. The van der Waals surface area contributed by atoms with E-state index in [0.717, 1.165) is 5.56 Å². The van der Waals surface area contributed by atoms with E-state index in [-0.39, 0.29) is 6.54 Å². The number of methoxy groups -OCH3 is 1. The van der Waals surface area contributed by atoms with Crippen LogP contribution in [0.5, 0.6) is 5.75 Å². The van der Waals surface area contributed by atoms with Crippen LogP contribution in [-0.4, -0.2) is 17.3 Å². The van der Waals surface area contributed by atoms with E-state index >= 15 is 0 Å². The van der Waals surface area contributed by atoms with Crippen LogP contribution < -0.4 is 10.5 Å². The normalized spacial score (nSPS) is 10.6. The van der Waals surface area contributed by atoms with Crippen molar-refractivity contribution in [3.05, 3.63) is 28.6 Å². The van der Waals surface area contributed by atoms with Gasteiger partial charge >= 0.3 is 0 Å². The highest BCUT2D eigenvalue weighted by atomic mass is 35.5. The molecule has 1 heterocycles. The van der Waals surface area contributed by atoms with Gasteiger partial charge in [-0.1, -0.05) is 22.8 Å². The summed E-state index contributed by atoms with van der Waals surface area (Å²) in [6, 6.07) is 3.64. The van der Waals surface area contributed by atoms with Gasteiger partial charge < -0.3 is 15.0 Å². The smallest absolute Gasteiger partial charge is 0.240 e. The molecule has 0 aliphatic rings. The van der Waals surface area contributed by atoms with Gasteiger partial charge in [0.05, 0.1) is 24.2 Å². The topological polar surface area (TPSA) is 74.2 Å². The summed E-state index contributed by atoms with van der Waals surface area (Å²) in [4.78, 5) is 4.14. The molecule has 2 N–H and O–H groups in total. The Labute approximate surface area is 104 Å². The van der Waals surface area contributed by atoms with Crippen LogP contribution in [0, 0.1) is 6.92 Å². The Balaban J connectivity index is 2.60. The van der Waals surface area contributed by atoms with Crippen LogP contribution in [0.4, 0.5) is 0 Å². The molecule has 0 radical (unpaired) electrons. The second kappa shape index (κ2) is 4.73. The fraction of sp³-hybridized carbons (Fsp3) is 0.273. The molecule has 1 aromatic heterocycles. The van der Waals surface area contributed by atoms with E-state index in [1.165, 1.54) is 0 Å². The predicted molar refractivity (Wildman–Crippen MR) is 63.9 cm³/mol.